The van der Waals surface area contributed by atoms with Gasteiger partial charge in [0.15, 0.2) is 3.92 Å². The van der Waals surface area contributed by atoms with Crippen LogP contribution in [-0.4, -0.2) is 22.6 Å². The second-order valence-electron chi connectivity index (χ2n) is 2.00. The number of carbonyl (C=O) groups excluding carboxylic acids is 1. The summed E-state index contributed by atoms with van der Waals surface area (Å²) in [5, 5.41) is 11.1. The van der Waals surface area contributed by atoms with Gasteiger partial charge in [-0.05, 0) is 15.9 Å². The van der Waals surface area contributed by atoms with Gasteiger partial charge in [0.2, 0.25) is 11.0 Å². The molecule has 0 spiro atoms. The van der Waals surface area contributed by atoms with Gasteiger partial charge in [-0.15, -0.1) is 10.2 Å². The number of primary amides is 1. The summed E-state index contributed by atoms with van der Waals surface area (Å²) >= 11 is 4.54. The third kappa shape index (κ3) is 3.14. The molecule has 0 aliphatic carbocycles. The molecule has 1 aromatic heterocycles. The Bertz CT molecular complexity index is 276. The van der Waals surface area contributed by atoms with Crippen LogP contribution in [0.3, 0.4) is 0 Å². The average Bonchev–Trinajstić information content (AvgIpc) is 2.35. The monoisotopic (exact) mass is 250 g/mol. The van der Waals surface area contributed by atoms with Crippen molar-refractivity contribution < 1.29 is 4.79 Å². The Morgan fingerprint density at radius 2 is 2.42 bits per heavy atom. The minimum Gasteiger partial charge on any atom is -0.370 e. The second kappa shape index (κ2) is 4.36. The molecule has 1 rings (SSSR count). The van der Waals surface area contributed by atoms with E-state index in [0.717, 1.165) is 0 Å². The highest BCUT2D eigenvalue weighted by Gasteiger charge is 2.00. The van der Waals surface area contributed by atoms with Gasteiger partial charge in [-0.25, -0.2) is 0 Å². The van der Waals surface area contributed by atoms with Gasteiger partial charge in [0.25, 0.3) is 0 Å². The summed E-state index contributed by atoms with van der Waals surface area (Å²) in [5.41, 5.74) is 4.94. The highest BCUT2D eigenvalue weighted by atomic mass is 79.9. The molecule has 66 valence electrons. The molecule has 0 aliphatic rings. The van der Waals surface area contributed by atoms with Crippen molar-refractivity contribution in [3.63, 3.8) is 0 Å². The number of anilines is 1. The van der Waals surface area contributed by atoms with E-state index in [4.69, 9.17) is 5.73 Å². The molecule has 0 saturated carbocycles. The molecule has 1 amide bonds. The number of hydrogen-bond donors (Lipinski definition) is 2. The van der Waals surface area contributed by atoms with Crippen LogP contribution in [0.15, 0.2) is 3.92 Å². The first-order valence-corrected chi connectivity index (χ1v) is 4.80. The maximum atomic E-state index is 10.3. The summed E-state index contributed by atoms with van der Waals surface area (Å²) in [4.78, 5) is 10.3. The molecule has 0 atom stereocenters. The van der Waals surface area contributed by atoms with E-state index in [1.807, 2.05) is 0 Å². The average molecular weight is 251 g/mol. The van der Waals surface area contributed by atoms with Crippen LogP contribution in [-0.2, 0) is 4.79 Å². The van der Waals surface area contributed by atoms with E-state index in [1.54, 1.807) is 0 Å². The van der Waals surface area contributed by atoms with Gasteiger partial charge < -0.3 is 11.1 Å². The van der Waals surface area contributed by atoms with Gasteiger partial charge in [0, 0.05) is 13.0 Å². The smallest absolute Gasteiger partial charge is 0.219 e. The predicted octanol–water partition coefficient (Wildman–Crippen LogP) is 0.588. The largest absolute Gasteiger partial charge is 0.370 e. The Morgan fingerprint density at radius 1 is 1.67 bits per heavy atom. The van der Waals surface area contributed by atoms with Gasteiger partial charge in [-0.3, -0.25) is 4.79 Å². The SMILES string of the molecule is NC(=O)CCNc1nnc(Br)s1. The number of nitrogens with zero attached hydrogens (tertiary/aromatic N) is 2. The predicted molar refractivity (Wildman–Crippen MR) is 49.9 cm³/mol. The number of halogens is 1. The van der Waals surface area contributed by atoms with Gasteiger partial charge in [0.1, 0.15) is 0 Å². The molecule has 0 bridgehead atoms. The first-order valence-electron chi connectivity index (χ1n) is 3.19. The summed E-state index contributed by atoms with van der Waals surface area (Å²) in [6.07, 6.45) is 0.303. The highest BCUT2D eigenvalue weighted by Crippen LogP contribution is 2.19. The molecule has 0 aromatic carbocycles. The van der Waals surface area contributed by atoms with Gasteiger partial charge in [-0.1, -0.05) is 11.3 Å². The van der Waals surface area contributed by atoms with Crippen molar-refractivity contribution in [2.45, 2.75) is 6.42 Å². The lowest BCUT2D eigenvalue weighted by molar-refractivity contribution is -0.117. The van der Waals surface area contributed by atoms with Crippen LogP contribution in [0.2, 0.25) is 0 Å². The third-order valence-corrected chi connectivity index (χ3v) is 2.36. The summed E-state index contributed by atoms with van der Waals surface area (Å²) in [6, 6.07) is 0. The lowest BCUT2D eigenvalue weighted by Crippen LogP contribution is -2.15. The summed E-state index contributed by atoms with van der Waals surface area (Å²) in [6.45, 7) is 0.497. The highest BCUT2D eigenvalue weighted by molar-refractivity contribution is 9.11. The lowest BCUT2D eigenvalue weighted by Gasteiger charge is -1.96. The van der Waals surface area contributed by atoms with Crippen LogP contribution in [0.4, 0.5) is 5.13 Å². The van der Waals surface area contributed by atoms with Crippen LogP contribution in [0.25, 0.3) is 0 Å². The number of amides is 1. The number of nitrogens with one attached hydrogen (secondary N) is 1. The Kier molecular flexibility index (Phi) is 3.42. The molecule has 0 radical (unpaired) electrons. The number of aromatic nitrogens is 2. The van der Waals surface area contributed by atoms with Crippen LogP contribution >= 0.6 is 27.3 Å². The minimum absolute atomic E-state index is 0.303. The summed E-state index contributed by atoms with van der Waals surface area (Å²) in [7, 11) is 0. The fraction of sp³-hybridized carbons (Fsp3) is 0.400. The minimum atomic E-state index is -0.328. The molecule has 12 heavy (non-hydrogen) atoms. The summed E-state index contributed by atoms with van der Waals surface area (Å²) < 4.78 is 0.712. The van der Waals surface area contributed by atoms with E-state index in [2.05, 4.69) is 31.4 Å². The zero-order valence-corrected chi connectivity index (χ0v) is 8.48. The maximum absolute atomic E-state index is 10.3. The second-order valence-corrected chi connectivity index (χ2v) is 4.26. The molecular formula is C5H7BrN4OS. The molecule has 7 heteroatoms. The molecular weight excluding hydrogens is 244 g/mol. The number of nitrogens with two attached hydrogens (primary N) is 1. The van der Waals surface area contributed by atoms with Crippen LogP contribution in [0, 0.1) is 0 Å². The first-order chi connectivity index (χ1) is 5.68. The standard InChI is InChI=1S/C5H7BrN4OS/c6-4-9-10-5(12-4)8-2-1-3(7)11/h1-2H2,(H2,7,11)(H,8,10). The third-order valence-electron chi connectivity index (χ3n) is 1.05. The number of rotatable bonds is 4. The van der Waals surface area contributed by atoms with Gasteiger partial charge in [0.05, 0.1) is 0 Å². The molecule has 5 nitrogen and oxygen atoms in total. The van der Waals surface area contributed by atoms with E-state index >= 15 is 0 Å². The van der Waals surface area contributed by atoms with Gasteiger partial charge >= 0.3 is 0 Å². The zero-order chi connectivity index (χ0) is 8.97. The molecule has 0 saturated heterocycles. The summed E-state index contributed by atoms with van der Waals surface area (Å²) in [5.74, 6) is -0.328. The zero-order valence-electron chi connectivity index (χ0n) is 6.08. The van der Waals surface area contributed by atoms with Crippen LogP contribution < -0.4 is 11.1 Å². The van der Waals surface area contributed by atoms with Gasteiger partial charge in [-0.2, -0.15) is 0 Å². The number of hydrogen-bond acceptors (Lipinski definition) is 5. The topological polar surface area (TPSA) is 80.9 Å². The van der Waals surface area contributed by atoms with Crippen molar-refractivity contribution in [1.29, 1.82) is 0 Å². The molecule has 0 unspecified atom stereocenters. The lowest BCUT2D eigenvalue weighted by atomic mass is 10.4. The quantitative estimate of drug-likeness (QED) is 0.820. The van der Waals surface area contributed by atoms with E-state index in [1.165, 1.54) is 11.3 Å². The van der Waals surface area contributed by atoms with Crippen molar-refractivity contribution in [2.75, 3.05) is 11.9 Å². The van der Waals surface area contributed by atoms with Crippen molar-refractivity contribution in [3.8, 4) is 0 Å². The fourth-order valence-corrected chi connectivity index (χ4v) is 1.61. The Labute approximate surface area is 81.5 Å². The van der Waals surface area contributed by atoms with Crippen molar-refractivity contribution >= 4 is 38.3 Å². The maximum Gasteiger partial charge on any atom is 0.219 e. The van der Waals surface area contributed by atoms with Crippen LogP contribution in [0.5, 0.6) is 0 Å². The first kappa shape index (κ1) is 9.40. The van der Waals surface area contributed by atoms with Crippen LogP contribution in [0.1, 0.15) is 6.42 Å². The number of carbonyl (C=O) groups is 1. The molecule has 0 aliphatic heterocycles. The van der Waals surface area contributed by atoms with Crippen molar-refractivity contribution in [1.82, 2.24) is 10.2 Å². The Morgan fingerprint density at radius 3 is 2.92 bits per heavy atom. The Balaban J connectivity index is 2.29. The van der Waals surface area contributed by atoms with E-state index < -0.39 is 0 Å². The fourth-order valence-electron chi connectivity index (χ4n) is 0.569. The van der Waals surface area contributed by atoms with E-state index in [0.29, 0.717) is 22.0 Å². The normalized spacial score (nSPS) is 9.75. The van der Waals surface area contributed by atoms with Crippen molar-refractivity contribution in [2.24, 2.45) is 5.73 Å². The Hall–Kier alpha value is -0.690. The molecule has 0 fully saturated rings. The molecule has 1 aromatic rings. The van der Waals surface area contributed by atoms with Crippen molar-refractivity contribution in [3.05, 3.63) is 3.92 Å². The molecule has 1 heterocycles. The van der Waals surface area contributed by atoms with E-state index in [-0.39, 0.29) is 5.91 Å². The van der Waals surface area contributed by atoms with E-state index in [9.17, 15) is 4.79 Å². The molecule has 3 N–H and O–H groups in total.